The zero-order valence-corrected chi connectivity index (χ0v) is 17.8. The first kappa shape index (κ1) is 21.5. The predicted octanol–water partition coefficient (Wildman–Crippen LogP) is 4.40. The Morgan fingerprint density at radius 3 is 1.97 bits per heavy atom. The molecule has 0 aliphatic heterocycles. The van der Waals surface area contributed by atoms with E-state index in [0.29, 0.717) is 13.1 Å². The van der Waals surface area contributed by atoms with Gasteiger partial charge in [0.2, 0.25) is 0 Å². The van der Waals surface area contributed by atoms with Crippen LogP contribution in [0.25, 0.3) is 21.5 Å². The van der Waals surface area contributed by atoms with E-state index in [9.17, 15) is 10.2 Å². The van der Waals surface area contributed by atoms with Gasteiger partial charge in [-0.25, -0.2) is 0 Å². The molecule has 2 atom stereocenters. The van der Waals surface area contributed by atoms with Gasteiger partial charge < -0.3 is 15.3 Å². The molecule has 3 N–H and O–H groups in total. The minimum absolute atomic E-state index is 0.0212. The molecule has 4 aromatic rings. The summed E-state index contributed by atoms with van der Waals surface area (Å²) in [6.07, 6.45) is -1.13. The van der Waals surface area contributed by atoms with Crippen molar-refractivity contribution >= 4 is 21.5 Å². The van der Waals surface area contributed by atoms with Gasteiger partial charge in [-0.3, -0.25) is 4.90 Å². The highest BCUT2D eigenvalue weighted by molar-refractivity contribution is 6.02. The highest BCUT2D eigenvalue weighted by atomic mass is 16.3. The summed E-state index contributed by atoms with van der Waals surface area (Å²) < 4.78 is 0. The molecule has 0 fully saturated rings. The summed E-state index contributed by atoms with van der Waals surface area (Å²) in [7, 11) is 2.00. The smallest absolute Gasteiger partial charge is 0.0815 e. The predicted molar refractivity (Wildman–Crippen MR) is 126 cm³/mol. The second-order valence-electron chi connectivity index (χ2n) is 8.30. The van der Waals surface area contributed by atoms with Crippen molar-refractivity contribution in [3.8, 4) is 0 Å². The molecule has 4 heteroatoms. The van der Waals surface area contributed by atoms with Gasteiger partial charge in [0.05, 0.1) is 18.8 Å². The first-order valence-electron chi connectivity index (χ1n) is 10.7. The molecular formula is C27H29NO3. The maximum Gasteiger partial charge on any atom is 0.0815 e. The molecule has 0 radical (unpaired) electrons. The number of rotatable bonds is 8. The molecule has 0 spiro atoms. The van der Waals surface area contributed by atoms with Gasteiger partial charge >= 0.3 is 0 Å². The number of hydrogen-bond acceptors (Lipinski definition) is 4. The van der Waals surface area contributed by atoms with E-state index in [1.54, 1.807) is 24.3 Å². The number of benzene rings is 4. The molecule has 2 unspecified atom stereocenters. The molecule has 4 aromatic carbocycles. The van der Waals surface area contributed by atoms with Crippen molar-refractivity contribution in [2.45, 2.75) is 31.8 Å². The Morgan fingerprint density at radius 1 is 0.806 bits per heavy atom. The van der Waals surface area contributed by atoms with Crippen LogP contribution in [0.5, 0.6) is 0 Å². The van der Waals surface area contributed by atoms with E-state index in [2.05, 4.69) is 59.5 Å². The average molecular weight is 416 g/mol. The highest BCUT2D eigenvalue weighted by Gasteiger charge is 2.17. The van der Waals surface area contributed by atoms with E-state index in [0.717, 1.165) is 11.1 Å². The van der Waals surface area contributed by atoms with Crippen LogP contribution in [0.15, 0.2) is 78.9 Å². The minimum atomic E-state index is -0.741. The van der Waals surface area contributed by atoms with Crippen molar-refractivity contribution < 1.29 is 15.3 Å². The largest absolute Gasteiger partial charge is 0.392 e. The molecule has 0 amide bonds. The van der Waals surface area contributed by atoms with Crippen molar-refractivity contribution in [1.82, 2.24) is 4.90 Å². The van der Waals surface area contributed by atoms with Crippen LogP contribution in [0.3, 0.4) is 0 Å². The van der Waals surface area contributed by atoms with Crippen LogP contribution >= 0.6 is 0 Å². The summed E-state index contributed by atoms with van der Waals surface area (Å²) in [5.74, 6) is 0. The molecule has 4 nitrogen and oxygen atoms in total. The summed E-state index contributed by atoms with van der Waals surface area (Å²) in [5, 5.41) is 35.2. The molecular weight excluding hydrogens is 386 g/mol. The van der Waals surface area contributed by atoms with E-state index in [1.807, 2.05) is 7.05 Å². The molecule has 160 valence electrons. The zero-order chi connectivity index (χ0) is 21.8. The average Bonchev–Trinajstić information content (AvgIpc) is 2.78. The first-order chi connectivity index (χ1) is 15.0. The normalized spacial score (nSPS) is 13.7. The number of likely N-dealkylation sites (N-methyl/N-ethyl adjacent to an activating group) is 1. The molecule has 0 saturated carbocycles. The van der Waals surface area contributed by atoms with Gasteiger partial charge in [-0.15, -0.1) is 0 Å². The van der Waals surface area contributed by atoms with Crippen LogP contribution in [0.2, 0.25) is 0 Å². The fourth-order valence-corrected chi connectivity index (χ4v) is 4.29. The molecule has 0 heterocycles. The minimum Gasteiger partial charge on any atom is -0.392 e. The second-order valence-corrected chi connectivity index (χ2v) is 8.30. The van der Waals surface area contributed by atoms with Crippen LogP contribution in [0, 0.1) is 0 Å². The third kappa shape index (κ3) is 4.94. The molecule has 0 aliphatic carbocycles. The third-order valence-corrected chi connectivity index (χ3v) is 5.88. The maximum atomic E-state index is 10.6. The van der Waals surface area contributed by atoms with Crippen molar-refractivity contribution in [3.63, 3.8) is 0 Å². The molecule has 0 aliphatic rings. The maximum absolute atomic E-state index is 10.6. The van der Waals surface area contributed by atoms with E-state index in [-0.39, 0.29) is 13.0 Å². The van der Waals surface area contributed by atoms with Gasteiger partial charge in [-0.1, -0.05) is 72.8 Å². The fourth-order valence-electron chi connectivity index (χ4n) is 4.29. The van der Waals surface area contributed by atoms with Crippen LogP contribution in [-0.4, -0.2) is 39.9 Å². The van der Waals surface area contributed by atoms with Crippen molar-refractivity contribution in [1.29, 1.82) is 0 Å². The third-order valence-electron chi connectivity index (χ3n) is 5.88. The van der Waals surface area contributed by atoms with Crippen LogP contribution in [0.1, 0.15) is 29.2 Å². The Kier molecular flexibility index (Phi) is 6.64. The number of hydrogen-bond donors (Lipinski definition) is 3. The lowest BCUT2D eigenvalue weighted by atomic mass is 9.96. The SMILES string of the molecule is CN(Cc1c2ccccc2cc2ccccc12)CC(O)CC(O)c1ccc(CO)cc1. The summed E-state index contributed by atoms with van der Waals surface area (Å²) in [5.41, 5.74) is 2.81. The van der Waals surface area contributed by atoms with E-state index >= 15 is 0 Å². The Bertz CT molecular complexity index is 1100. The summed E-state index contributed by atoms with van der Waals surface area (Å²) in [6.45, 7) is 1.15. The van der Waals surface area contributed by atoms with Crippen LogP contribution in [0.4, 0.5) is 0 Å². The lowest BCUT2D eigenvalue weighted by Crippen LogP contribution is -2.30. The lowest BCUT2D eigenvalue weighted by molar-refractivity contribution is 0.0581. The number of nitrogens with zero attached hydrogens (tertiary/aromatic N) is 1. The van der Waals surface area contributed by atoms with Gasteiger partial charge in [0, 0.05) is 19.5 Å². The van der Waals surface area contributed by atoms with Gasteiger partial charge in [0.1, 0.15) is 0 Å². The van der Waals surface area contributed by atoms with Gasteiger partial charge in [-0.05, 0) is 51.3 Å². The van der Waals surface area contributed by atoms with E-state index in [4.69, 9.17) is 5.11 Å². The van der Waals surface area contributed by atoms with Crippen molar-refractivity contribution in [2.75, 3.05) is 13.6 Å². The molecule has 0 bridgehead atoms. The molecule has 31 heavy (non-hydrogen) atoms. The van der Waals surface area contributed by atoms with Crippen LogP contribution in [-0.2, 0) is 13.2 Å². The number of fused-ring (bicyclic) bond motifs is 2. The quantitative estimate of drug-likeness (QED) is 0.373. The Balaban J connectivity index is 1.47. The summed E-state index contributed by atoms with van der Waals surface area (Å²) in [6, 6.07) is 26.2. The number of aliphatic hydroxyl groups is 3. The van der Waals surface area contributed by atoms with E-state index in [1.165, 1.54) is 27.1 Å². The Morgan fingerprint density at radius 2 is 1.39 bits per heavy atom. The lowest BCUT2D eigenvalue weighted by Gasteiger charge is -2.24. The fraction of sp³-hybridized carbons (Fsp3) is 0.259. The zero-order valence-electron chi connectivity index (χ0n) is 17.8. The van der Waals surface area contributed by atoms with Gasteiger partial charge in [0.25, 0.3) is 0 Å². The highest BCUT2D eigenvalue weighted by Crippen LogP contribution is 2.29. The summed E-state index contributed by atoms with van der Waals surface area (Å²) in [4.78, 5) is 2.11. The summed E-state index contributed by atoms with van der Waals surface area (Å²) >= 11 is 0. The van der Waals surface area contributed by atoms with Crippen molar-refractivity contribution in [2.24, 2.45) is 0 Å². The van der Waals surface area contributed by atoms with Crippen LogP contribution < -0.4 is 0 Å². The van der Waals surface area contributed by atoms with E-state index < -0.39 is 12.2 Å². The van der Waals surface area contributed by atoms with Gasteiger partial charge in [-0.2, -0.15) is 0 Å². The Labute approximate surface area is 183 Å². The first-order valence-corrected chi connectivity index (χ1v) is 10.7. The topological polar surface area (TPSA) is 63.9 Å². The number of aliphatic hydroxyl groups excluding tert-OH is 3. The van der Waals surface area contributed by atoms with Gasteiger partial charge in [0.15, 0.2) is 0 Å². The van der Waals surface area contributed by atoms with Crippen molar-refractivity contribution in [3.05, 3.63) is 95.6 Å². The molecule has 0 saturated heterocycles. The molecule has 0 aromatic heterocycles. The standard InChI is InChI=1S/C27H29NO3/c1-28(16-23(30)15-27(31)20-12-10-19(18-29)11-13-20)17-26-24-8-4-2-6-21(24)14-22-7-3-5-9-25(22)26/h2-14,23,27,29-31H,15-18H2,1H3. The second kappa shape index (κ2) is 9.58. The molecule has 4 rings (SSSR count). The monoisotopic (exact) mass is 415 g/mol. The Hall–Kier alpha value is -2.76.